The summed E-state index contributed by atoms with van der Waals surface area (Å²) in [5.74, 6) is -1.43. The lowest BCUT2D eigenvalue weighted by Gasteiger charge is -2.37. The summed E-state index contributed by atoms with van der Waals surface area (Å²) in [4.78, 5) is 11.3. The molecule has 2 bridgehead atoms. The Labute approximate surface area is 113 Å². The molecule has 0 radical (unpaired) electrons. The van der Waals surface area contributed by atoms with Crippen molar-refractivity contribution in [2.75, 3.05) is 0 Å². The first-order valence-electron chi connectivity index (χ1n) is 7.05. The average Bonchev–Trinajstić information content (AvgIpc) is 2.61. The zero-order valence-corrected chi connectivity index (χ0v) is 11.2. The second kappa shape index (κ2) is 4.34. The number of rotatable bonds is 2. The lowest BCUT2D eigenvalue weighted by atomic mass is 9.73. The van der Waals surface area contributed by atoms with Crippen molar-refractivity contribution in [1.82, 2.24) is 0 Å². The van der Waals surface area contributed by atoms with E-state index in [1.165, 1.54) is 11.1 Å². The van der Waals surface area contributed by atoms with Gasteiger partial charge in [0.15, 0.2) is 0 Å². The minimum Gasteiger partial charge on any atom is -0.481 e. The Morgan fingerprint density at radius 2 is 1.68 bits per heavy atom. The molecule has 3 heteroatoms. The van der Waals surface area contributed by atoms with Crippen LogP contribution < -0.4 is 0 Å². The first-order valence-corrected chi connectivity index (χ1v) is 7.05. The van der Waals surface area contributed by atoms with Crippen molar-refractivity contribution < 1.29 is 15.0 Å². The second-order valence-corrected chi connectivity index (χ2v) is 6.10. The SMILES string of the molecule is CC(C(=O)O)C1(O)C2CCC1Cc1ccccc1C2. The van der Waals surface area contributed by atoms with Gasteiger partial charge in [-0.25, -0.2) is 0 Å². The molecular formula is C16H20O3. The summed E-state index contributed by atoms with van der Waals surface area (Å²) in [5, 5.41) is 20.4. The molecule has 1 aromatic carbocycles. The summed E-state index contributed by atoms with van der Waals surface area (Å²) < 4.78 is 0. The molecule has 2 N–H and O–H groups in total. The maximum absolute atomic E-state index is 11.3. The molecule has 3 atom stereocenters. The summed E-state index contributed by atoms with van der Waals surface area (Å²) in [5.41, 5.74) is 1.52. The van der Waals surface area contributed by atoms with E-state index in [0.29, 0.717) is 0 Å². The monoisotopic (exact) mass is 260 g/mol. The summed E-state index contributed by atoms with van der Waals surface area (Å²) in [6.45, 7) is 1.66. The van der Waals surface area contributed by atoms with Crippen molar-refractivity contribution in [1.29, 1.82) is 0 Å². The lowest BCUT2D eigenvalue weighted by molar-refractivity contribution is -0.158. The molecule has 2 aliphatic rings. The van der Waals surface area contributed by atoms with Gasteiger partial charge in [0.05, 0.1) is 11.5 Å². The number of fused-ring (bicyclic) bond motifs is 3. The highest BCUT2D eigenvalue weighted by molar-refractivity contribution is 5.71. The van der Waals surface area contributed by atoms with Crippen molar-refractivity contribution in [3.63, 3.8) is 0 Å². The number of carbonyl (C=O) groups is 1. The molecule has 0 amide bonds. The van der Waals surface area contributed by atoms with Gasteiger partial charge in [0, 0.05) is 0 Å². The highest BCUT2D eigenvalue weighted by atomic mass is 16.4. The van der Waals surface area contributed by atoms with Crippen LogP contribution in [0.3, 0.4) is 0 Å². The van der Waals surface area contributed by atoms with Crippen molar-refractivity contribution in [2.45, 2.75) is 38.2 Å². The fourth-order valence-corrected chi connectivity index (χ4v) is 4.12. The molecule has 3 rings (SSSR count). The van der Waals surface area contributed by atoms with Crippen molar-refractivity contribution >= 4 is 5.97 Å². The van der Waals surface area contributed by atoms with Crippen LogP contribution in [0.15, 0.2) is 24.3 Å². The average molecular weight is 260 g/mol. The van der Waals surface area contributed by atoms with Crippen LogP contribution in [0.5, 0.6) is 0 Å². The Bertz CT molecular complexity index is 475. The number of hydrogen-bond donors (Lipinski definition) is 2. The first-order chi connectivity index (χ1) is 9.03. The predicted molar refractivity (Wildman–Crippen MR) is 71.8 cm³/mol. The summed E-state index contributed by atoms with van der Waals surface area (Å²) in [6.07, 6.45) is 3.49. The van der Waals surface area contributed by atoms with Gasteiger partial charge in [-0.05, 0) is 55.6 Å². The van der Waals surface area contributed by atoms with E-state index in [1.807, 2.05) is 12.1 Å². The lowest BCUT2D eigenvalue weighted by Crippen LogP contribution is -2.49. The van der Waals surface area contributed by atoms with Gasteiger partial charge >= 0.3 is 5.97 Å². The second-order valence-electron chi connectivity index (χ2n) is 6.10. The minimum absolute atomic E-state index is 0.0762. The Hall–Kier alpha value is -1.35. The molecule has 0 heterocycles. The van der Waals surface area contributed by atoms with E-state index in [4.69, 9.17) is 0 Å². The third-order valence-corrected chi connectivity index (χ3v) is 5.29. The maximum atomic E-state index is 11.3. The van der Waals surface area contributed by atoms with Crippen LogP contribution in [-0.4, -0.2) is 21.8 Å². The summed E-state index contributed by atoms with van der Waals surface area (Å²) in [6, 6.07) is 8.28. The highest BCUT2D eigenvalue weighted by Crippen LogP contribution is 2.50. The normalized spacial score (nSPS) is 34.4. The zero-order valence-electron chi connectivity index (χ0n) is 11.2. The predicted octanol–water partition coefficient (Wildman–Crippen LogP) is 2.26. The van der Waals surface area contributed by atoms with Gasteiger partial charge < -0.3 is 10.2 Å². The van der Waals surface area contributed by atoms with Gasteiger partial charge in [-0.2, -0.15) is 0 Å². The molecule has 19 heavy (non-hydrogen) atoms. The van der Waals surface area contributed by atoms with Crippen LogP contribution >= 0.6 is 0 Å². The van der Waals surface area contributed by atoms with Gasteiger partial charge in [0.2, 0.25) is 0 Å². The zero-order chi connectivity index (χ0) is 13.6. The van der Waals surface area contributed by atoms with Crippen LogP contribution in [0.25, 0.3) is 0 Å². The Morgan fingerprint density at radius 3 is 2.11 bits per heavy atom. The van der Waals surface area contributed by atoms with E-state index in [0.717, 1.165) is 25.7 Å². The van der Waals surface area contributed by atoms with Crippen molar-refractivity contribution in [3.05, 3.63) is 35.4 Å². The molecule has 3 nitrogen and oxygen atoms in total. The van der Waals surface area contributed by atoms with E-state index in [1.54, 1.807) is 6.92 Å². The third kappa shape index (κ3) is 1.79. The fourth-order valence-electron chi connectivity index (χ4n) is 4.12. The number of carboxylic acids is 1. The van der Waals surface area contributed by atoms with Gasteiger partial charge in [-0.1, -0.05) is 24.3 Å². The molecule has 102 valence electrons. The van der Waals surface area contributed by atoms with Gasteiger partial charge in [-0.3, -0.25) is 4.79 Å². The number of hydrogen-bond acceptors (Lipinski definition) is 2. The first kappa shape index (κ1) is 12.7. The number of carboxylic acid groups (broad SMARTS) is 1. The molecule has 1 fully saturated rings. The minimum atomic E-state index is -1.05. The molecule has 0 saturated heterocycles. The largest absolute Gasteiger partial charge is 0.481 e. The Kier molecular flexibility index (Phi) is 2.90. The molecule has 3 unspecified atom stereocenters. The fraction of sp³-hybridized carbons (Fsp3) is 0.562. The Balaban J connectivity index is 2.01. The molecule has 2 aliphatic carbocycles. The van der Waals surface area contributed by atoms with Gasteiger partial charge in [0.25, 0.3) is 0 Å². The number of aliphatic carboxylic acids is 1. The van der Waals surface area contributed by atoms with Crippen LogP contribution in [-0.2, 0) is 17.6 Å². The smallest absolute Gasteiger partial charge is 0.309 e. The Morgan fingerprint density at radius 1 is 1.21 bits per heavy atom. The molecule has 1 saturated carbocycles. The number of benzene rings is 1. The van der Waals surface area contributed by atoms with E-state index < -0.39 is 17.5 Å². The maximum Gasteiger partial charge on any atom is 0.309 e. The van der Waals surface area contributed by atoms with Gasteiger partial charge in [-0.15, -0.1) is 0 Å². The van der Waals surface area contributed by atoms with E-state index in [2.05, 4.69) is 12.1 Å². The van der Waals surface area contributed by atoms with Crippen LogP contribution in [0.2, 0.25) is 0 Å². The van der Waals surface area contributed by atoms with Crippen molar-refractivity contribution in [3.8, 4) is 0 Å². The molecular weight excluding hydrogens is 240 g/mol. The molecule has 1 aromatic rings. The summed E-state index contributed by atoms with van der Waals surface area (Å²) in [7, 11) is 0. The molecule has 0 spiro atoms. The molecule has 0 aliphatic heterocycles. The summed E-state index contributed by atoms with van der Waals surface area (Å²) >= 11 is 0. The van der Waals surface area contributed by atoms with E-state index >= 15 is 0 Å². The highest BCUT2D eigenvalue weighted by Gasteiger charge is 2.55. The van der Waals surface area contributed by atoms with Crippen LogP contribution in [0.4, 0.5) is 0 Å². The standard InChI is InChI=1S/C16H20O3/c1-10(15(17)18)16(19)13-6-7-14(16)9-12-5-3-2-4-11(12)8-13/h2-5,10,13-14,19H,6-9H2,1H3,(H,17,18). The topological polar surface area (TPSA) is 57.5 Å². The van der Waals surface area contributed by atoms with E-state index in [-0.39, 0.29) is 11.8 Å². The van der Waals surface area contributed by atoms with E-state index in [9.17, 15) is 15.0 Å². The number of aliphatic hydroxyl groups is 1. The van der Waals surface area contributed by atoms with Crippen LogP contribution in [0.1, 0.15) is 30.9 Å². The third-order valence-electron chi connectivity index (χ3n) is 5.29. The quantitative estimate of drug-likeness (QED) is 0.857. The van der Waals surface area contributed by atoms with Gasteiger partial charge in [0.1, 0.15) is 0 Å². The van der Waals surface area contributed by atoms with Crippen molar-refractivity contribution in [2.24, 2.45) is 17.8 Å². The molecule has 0 aromatic heterocycles. The van der Waals surface area contributed by atoms with Crippen LogP contribution in [0, 0.1) is 17.8 Å².